The first kappa shape index (κ1) is 47.2. The number of imidazole rings is 1. The Hall–Kier alpha value is -6.86. The number of carbonyl (C=O) groups excluding carboxylic acids is 1. The summed E-state index contributed by atoms with van der Waals surface area (Å²) in [6, 6.07) is 31.3. The van der Waals surface area contributed by atoms with Gasteiger partial charge in [0.25, 0.3) is 5.56 Å². The van der Waals surface area contributed by atoms with Gasteiger partial charge in [-0.05, 0) is 116 Å². The van der Waals surface area contributed by atoms with E-state index in [1.807, 2.05) is 118 Å². The fraction of sp³-hybridized carbons (Fsp3) is 0.250. The Morgan fingerprint density at radius 1 is 0.651 bits per heavy atom. The number of rotatable bonds is 12. The van der Waals surface area contributed by atoms with E-state index >= 15 is 0 Å². The van der Waals surface area contributed by atoms with Gasteiger partial charge in [0, 0.05) is 70.7 Å². The molecule has 0 atom stereocenters. The zero-order valence-electron chi connectivity index (χ0n) is 36.0. The first-order valence-electron chi connectivity index (χ1n) is 20.4. The topological polar surface area (TPSA) is 179 Å². The molecule has 0 aliphatic carbocycles. The van der Waals surface area contributed by atoms with Gasteiger partial charge in [0.05, 0.1) is 34.2 Å². The van der Waals surface area contributed by atoms with Gasteiger partial charge in [-0.15, -0.1) is 0 Å². The number of aryl methyl sites for hydroxylation is 3. The standard InChI is InChI=1S/C28H35N7O3.2C10H8N2.Ru/c1-18-9-12-29-20(14-18)21-15-19(10-13-30-21)8-6-7-11-31-23(36)17-28(2,3)16-22-32-24-25(33-22)34(4)27(38)35(5)26(24)37;2*1-3-7-11-9(5-1)10-6-2-4-8-12-10;/h9-10,12-15H,6-8,11,16-17H2,1-5H3,(H,31,36)(H,32,33);2*1-8H;/q;;;+1. The summed E-state index contributed by atoms with van der Waals surface area (Å²) in [4.78, 5) is 70.3. The molecule has 1 amide bonds. The molecule has 8 heterocycles. The second kappa shape index (κ2) is 22.8. The minimum atomic E-state index is -0.424. The van der Waals surface area contributed by atoms with Gasteiger partial charge in [0.15, 0.2) is 5.65 Å². The van der Waals surface area contributed by atoms with Crippen LogP contribution in [0.1, 0.15) is 50.1 Å². The third-order valence-electron chi connectivity index (χ3n) is 9.83. The van der Waals surface area contributed by atoms with Crippen molar-refractivity contribution in [1.29, 1.82) is 0 Å². The smallest absolute Gasteiger partial charge is 0.356 e. The molecule has 0 aromatic carbocycles. The number of nitrogens with zero attached hydrogens (tertiary/aromatic N) is 9. The quantitative estimate of drug-likeness (QED) is 0.0948. The van der Waals surface area contributed by atoms with E-state index in [4.69, 9.17) is 0 Å². The van der Waals surface area contributed by atoms with Gasteiger partial charge in [-0.1, -0.05) is 38.1 Å². The zero-order valence-corrected chi connectivity index (χ0v) is 37.8. The molecular formula is C48H51N11O3Ru+. The minimum Gasteiger partial charge on any atom is -0.356 e. The largest absolute Gasteiger partial charge is 1.00 e. The summed E-state index contributed by atoms with van der Waals surface area (Å²) < 4.78 is 2.40. The number of hydrogen-bond donors (Lipinski definition) is 2. The Balaban J connectivity index is 0.000000240. The van der Waals surface area contributed by atoms with Crippen molar-refractivity contribution >= 4 is 17.1 Å². The van der Waals surface area contributed by atoms with Crippen LogP contribution in [0, 0.1) is 12.3 Å². The van der Waals surface area contributed by atoms with Crippen LogP contribution in [0.5, 0.6) is 0 Å². The van der Waals surface area contributed by atoms with Gasteiger partial charge in [-0.3, -0.25) is 48.6 Å². The van der Waals surface area contributed by atoms with Crippen LogP contribution in [0.25, 0.3) is 45.3 Å². The summed E-state index contributed by atoms with van der Waals surface area (Å²) in [5.74, 6) is 0.555. The molecule has 63 heavy (non-hydrogen) atoms. The molecule has 0 saturated heterocycles. The average Bonchev–Trinajstić information content (AvgIpc) is 3.72. The Bertz CT molecular complexity index is 2650. The fourth-order valence-corrected chi connectivity index (χ4v) is 6.66. The molecule has 8 aromatic rings. The Morgan fingerprint density at radius 2 is 1.16 bits per heavy atom. The predicted octanol–water partition coefficient (Wildman–Crippen LogP) is 7.11. The van der Waals surface area contributed by atoms with Crippen molar-refractivity contribution in [1.82, 2.24) is 54.3 Å². The van der Waals surface area contributed by atoms with Crippen molar-refractivity contribution in [3.05, 3.63) is 172 Å². The van der Waals surface area contributed by atoms with Crippen molar-refractivity contribution in [2.24, 2.45) is 19.5 Å². The summed E-state index contributed by atoms with van der Waals surface area (Å²) in [6.45, 7) is 6.62. The summed E-state index contributed by atoms with van der Waals surface area (Å²) in [7, 11) is 3.03. The minimum absolute atomic E-state index is 0. The molecule has 1 radical (unpaired) electrons. The molecule has 8 aromatic heterocycles. The van der Waals surface area contributed by atoms with Gasteiger partial charge < -0.3 is 10.3 Å². The third-order valence-corrected chi connectivity index (χ3v) is 9.83. The van der Waals surface area contributed by atoms with E-state index in [1.165, 1.54) is 17.2 Å². The molecule has 0 aliphatic heterocycles. The van der Waals surface area contributed by atoms with Crippen molar-refractivity contribution in [3.63, 3.8) is 0 Å². The van der Waals surface area contributed by atoms with Crippen LogP contribution in [-0.2, 0) is 51.2 Å². The van der Waals surface area contributed by atoms with Gasteiger partial charge in [-0.25, -0.2) is 9.78 Å². The molecule has 0 aliphatic rings. The Labute approximate surface area is 379 Å². The van der Waals surface area contributed by atoms with Crippen LogP contribution in [0.15, 0.2) is 144 Å². The van der Waals surface area contributed by atoms with Crippen LogP contribution in [0.4, 0.5) is 0 Å². The maximum atomic E-state index is 12.6. The fourth-order valence-electron chi connectivity index (χ4n) is 6.66. The van der Waals surface area contributed by atoms with E-state index < -0.39 is 11.2 Å². The molecular weight excluding hydrogens is 880 g/mol. The number of aromatic nitrogens is 10. The van der Waals surface area contributed by atoms with E-state index in [2.05, 4.69) is 51.3 Å². The van der Waals surface area contributed by atoms with E-state index in [-0.39, 0.29) is 30.8 Å². The van der Waals surface area contributed by atoms with Crippen molar-refractivity contribution in [3.8, 4) is 34.2 Å². The Kier molecular flexibility index (Phi) is 17.1. The monoisotopic (exact) mass is 931 g/mol. The summed E-state index contributed by atoms with van der Waals surface area (Å²) in [6.07, 6.45) is 14.2. The van der Waals surface area contributed by atoms with Gasteiger partial charge in [0.2, 0.25) is 5.91 Å². The molecule has 14 nitrogen and oxygen atoms in total. The number of pyridine rings is 6. The number of carbonyl (C=O) groups is 1. The molecule has 0 bridgehead atoms. The van der Waals surface area contributed by atoms with Crippen molar-refractivity contribution < 1.29 is 24.3 Å². The Morgan fingerprint density at radius 3 is 1.67 bits per heavy atom. The van der Waals surface area contributed by atoms with Crippen LogP contribution in [-0.4, -0.2) is 61.5 Å². The summed E-state index contributed by atoms with van der Waals surface area (Å²) in [5.41, 5.74) is 7.14. The number of hydrogen-bond acceptors (Lipinski definition) is 10. The number of H-pyrrole nitrogens is 1. The molecule has 0 saturated carbocycles. The summed E-state index contributed by atoms with van der Waals surface area (Å²) in [5, 5.41) is 3.02. The number of nitrogens with one attached hydrogen (secondary N) is 2. The zero-order chi connectivity index (χ0) is 43.9. The summed E-state index contributed by atoms with van der Waals surface area (Å²) >= 11 is 0. The van der Waals surface area contributed by atoms with Crippen molar-refractivity contribution in [2.45, 2.75) is 52.9 Å². The van der Waals surface area contributed by atoms with E-state index in [0.29, 0.717) is 36.4 Å². The SMILES string of the molecule is Cc1ccnc(-c2cc(CCCCNC(=O)CC(C)(C)Cc3nc4c([nH]3)c(=O)n(C)c(=O)n4C)ccn2)c1.[Ru+].c1ccc(-c2ccccn2)nc1.c1ccc(-c2ccccn2)nc1. The van der Waals surface area contributed by atoms with Gasteiger partial charge in [-0.2, -0.15) is 0 Å². The molecule has 8 rings (SSSR count). The first-order chi connectivity index (χ1) is 30.0. The average molecular weight is 931 g/mol. The number of unbranched alkanes of at least 4 members (excludes halogenated alkanes) is 1. The predicted molar refractivity (Wildman–Crippen MR) is 242 cm³/mol. The number of aromatic amines is 1. The van der Waals surface area contributed by atoms with Gasteiger partial charge >= 0.3 is 25.2 Å². The molecule has 0 fully saturated rings. The van der Waals surface area contributed by atoms with E-state index in [0.717, 1.165) is 63.6 Å². The molecule has 2 N–H and O–H groups in total. The van der Waals surface area contributed by atoms with E-state index in [9.17, 15) is 14.4 Å². The first-order valence-corrected chi connectivity index (χ1v) is 20.4. The maximum absolute atomic E-state index is 12.6. The van der Waals surface area contributed by atoms with Crippen LogP contribution < -0.4 is 16.6 Å². The van der Waals surface area contributed by atoms with E-state index in [1.54, 1.807) is 38.0 Å². The molecule has 15 heteroatoms. The molecule has 0 spiro atoms. The van der Waals surface area contributed by atoms with Gasteiger partial charge in [0.1, 0.15) is 11.3 Å². The second-order valence-electron chi connectivity index (χ2n) is 15.5. The van der Waals surface area contributed by atoms with Crippen molar-refractivity contribution in [2.75, 3.05) is 6.54 Å². The maximum Gasteiger partial charge on any atom is 1.00 e. The molecule has 0 unspecified atom stereocenters. The van der Waals surface area contributed by atoms with Crippen LogP contribution >= 0.6 is 0 Å². The normalized spacial score (nSPS) is 10.7. The number of amides is 1. The number of fused-ring (bicyclic) bond motifs is 1. The van der Waals surface area contributed by atoms with Crippen LogP contribution in [0.3, 0.4) is 0 Å². The second-order valence-corrected chi connectivity index (χ2v) is 15.5. The third kappa shape index (κ3) is 13.6. The molecule has 323 valence electrons. The van der Waals surface area contributed by atoms with Crippen LogP contribution in [0.2, 0.25) is 0 Å².